The highest BCUT2D eigenvalue weighted by Crippen LogP contribution is 2.30. The standard InChI is InChI=1S/C23H24O2/c24-22(18-11-6-3-7-12-18)17-20-15-5-1-2-10-16-21(20)23(25)19-13-8-4-9-14-19/h3-4,6-14,16,20-21H,1-2,5,15,17H2. The van der Waals surface area contributed by atoms with E-state index < -0.39 is 0 Å². The highest BCUT2D eigenvalue weighted by Gasteiger charge is 2.29. The minimum absolute atomic E-state index is 0.0666. The maximum atomic E-state index is 13.0. The van der Waals surface area contributed by atoms with Crippen LogP contribution in [0.4, 0.5) is 0 Å². The van der Waals surface area contributed by atoms with E-state index in [9.17, 15) is 9.59 Å². The van der Waals surface area contributed by atoms with Crippen LogP contribution in [-0.4, -0.2) is 11.6 Å². The molecule has 0 amide bonds. The van der Waals surface area contributed by atoms with Crippen LogP contribution in [0.1, 0.15) is 52.8 Å². The van der Waals surface area contributed by atoms with Gasteiger partial charge in [0, 0.05) is 23.5 Å². The van der Waals surface area contributed by atoms with Crippen LogP contribution >= 0.6 is 0 Å². The molecule has 0 fully saturated rings. The van der Waals surface area contributed by atoms with Gasteiger partial charge in [0.25, 0.3) is 0 Å². The summed E-state index contributed by atoms with van der Waals surface area (Å²) in [6.07, 6.45) is 8.71. The van der Waals surface area contributed by atoms with Crippen molar-refractivity contribution >= 4 is 11.6 Å². The Balaban J connectivity index is 1.82. The summed E-state index contributed by atoms with van der Waals surface area (Å²) < 4.78 is 0. The molecule has 2 aromatic rings. The van der Waals surface area contributed by atoms with Crippen molar-refractivity contribution < 1.29 is 9.59 Å². The number of allylic oxidation sites excluding steroid dienone is 2. The summed E-state index contributed by atoms with van der Waals surface area (Å²) in [6, 6.07) is 18.8. The average Bonchev–Trinajstić information content (AvgIpc) is 2.65. The fraction of sp³-hybridized carbons (Fsp3) is 0.304. The number of rotatable bonds is 5. The third-order valence-corrected chi connectivity index (χ3v) is 4.95. The fourth-order valence-corrected chi connectivity index (χ4v) is 3.55. The number of hydrogen-bond acceptors (Lipinski definition) is 2. The van der Waals surface area contributed by atoms with Gasteiger partial charge in [0.05, 0.1) is 0 Å². The largest absolute Gasteiger partial charge is 0.294 e. The molecule has 1 aliphatic carbocycles. The second kappa shape index (κ2) is 8.57. The topological polar surface area (TPSA) is 34.1 Å². The third-order valence-electron chi connectivity index (χ3n) is 4.95. The van der Waals surface area contributed by atoms with Gasteiger partial charge in [-0.2, -0.15) is 0 Å². The van der Waals surface area contributed by atoms with Gasteiger partial charge < -0.3 is 0 Å². The number of benzene rings is 2. The van der Waals surface area contributed by atoms with Gasteiger partial charge in [-0.1, -0.05) is 79.2 Å². The highest BCUT2D eigenvalue weighted by molar-refractivity contribution is 6.00. The molecule has 3 rings (SSSR count). The zero-order valence-electron chi connectivity index (χ0n) is 14.4. The van der Waals surface area contributed by atoms with Crippen molar-refractivity contribution in [2.75, 3.05) is 0 Å². The fourth-order valence-electron chi connectivity index (χ4n) is 3.55. The highest BCUT2D eigenvalue weighted by atomic mass is 16.1. The monoisotopic (exact) mass is 332 g/mol. The van der Waals surface area contributed by atoms with Crippen LogP contribution < -0.4 is 0 Å². The zero-order valence-corrected chi connectivity index (χ0v) is 14.4. The SMILES string of the molecule is O=C(CC1CCCCC=CC1C(=O)c1ccccc1)c1ccccc1. The lowest BCUT2D eigenvalue weighted by Crippen LogP contribution is -2.25. The molecule has 0 spiro atoms. The molecule has 0 heterocycles. The maximum absolute atomic E-state index is 13.0. The molecule has 0 N–H and O–H groups in total. The van der Waals surface area contributed by atoms with Crippen LogP contribution in [0.15, 0.2) is 72.8 Å². The molecular formula is C23H24O2. The van der Waals surface area contributed by atoms with Crippen molar-refractivity contribution in [3.63, 3.8) is 0 Å². The second-order valence-corrected chi connectivity index (χ2v) is 6.72. The van der Waals surface area contributed by atoms with Gasteiger partial charge in [0.1, 0.15) is 0 Å². The first kappa shape index (κ1) is 17.3. The lowest BCUT2D eigenvalue weighted by atomic mass is 9.77. The first-order valence-corrected chi connectivity index (χ1v) is 9.10. The van der Waals surface area contributed by atoms with Gasteiger partial charge in [-0.3, -0.25) is 9.59 Å². The summed E-state index contributed by atoms with van der Waals surface area (Å²) in [7, 11) is 0. The van der Waals surface area contributed by atoms with Gasteiger partial charge in [0.15, 0.2) is 11.6 Å². The van der Waals surface area contributed by atoms with E-state index in [0.29, 0.717) is 6.42 Å². The quantitative estimate of drug-likeness (QED) is 0.535. The van der Waals surface area contributed by atoms with Crippen molar-refractivity contribution in [1.82, 2.24) is 0 Å². The van der Waals surface area contributed by atoms with E-state index in [2.05, 4.69) is 6.08 Å². The molecular weight excluding hydrogens is 308 g/mol. The van der Waals surface area contributed by atoms with Gasteiger partial charge >= 0.3 is 0 Å². The molecule has 2 atom stereocenters. The van der Waals surface area contributed by atoms with Gasteiger partial charge in [-0.25, -0.2) is 0 Å². The first-order valence-electron chi connectivity index (χ1n) is 9.10. The van der Waals surface area contributed by atoms with Crippen LogP contribution in [-0.2, 0) is 0 Å². The molecule has 0 radical (unpaired) electrons. The van der Waals surface area contributed by atoms with E-state index >= 15 is 0 Å². The van der Waals surface area contributed by atoms with Gasteiger partial charge in [-0.15, -0.1) is 0 Å². The summed E-state index contributed by atoms with van der Waals surface area (Å²) in [5, 5.41) is 0. The average molecular weight is 332 g/mol. The Hall–Kier alpha value is -2.48. The van der Waals surface area contributed by atoms with Crippen LogP contribution in [0.5, 0.6) is 0 Å². The van der Waals surface area contributed by atoms with E-state index in [0.717, 1.165) is 36.8 Å². The van der Waals surface area contributed by atoms with E-state index in [1.165, 1.54) is 0 Å². The van der Waals surface area contributed by atoms with Crippen molar-refractivity contribution in [3.05, 3.63) is 83.9 Å². The normalized spacial score (nSPS) is 20.5. The minimum Gasteiger partial charge on any atom is -0.294 e. The number of carbonyl (C=O) groups excluding carboxylic acids is 2. The van der Waals surface area contributed by atoms with E-state index in [1.54, 1.807) is 0 Å². The number of Topliss-reactive ketones (excluding diaryl/α,β-unsaturated/α-hetero) is 2. The molecule has 0 aliphatic heterocycles. The van der Waals surface area contributed by atoms with Crippen molar-refractivity contribution in [2.24, 2.45) is 11.8 Å². The van der Waals surface area contributed by atoms with Crippen LogP contribution in [0.3, 0.4) is 0 Å². The number of hydrogen-bond donors (Lipinski definition) is 0. The Morgan fingerprint density at radius 3 is 2.16 bits per heavy atom. The second-order valence-electron chi connectivity index (χ2n) is 6.72. The lowest BCUT2D eigenvalue weighted by molar-refractivity contribution is 0.0864. The Morgan fingerprint density at radius 2 is 1.48 bits per heavy atom. The lowest BCUT2D eigenvalue weighted by Gasteiger charge is -2.25. The first-order chi connectivity index (χ1) is 12.3. The molecule has 2 aromatic carbocycles. The van der Waals surface area contributed by atoms with Crippen LogP contribution in [0.2, 0.25) is 0 Å². The van der Waals surface area contributed by atoms with Gasteiger partial charge in [-0.05, 0) is 25.2 Å². The van der Waals surface area contributed by atoms with Crippen molar-refractivity contribution in [2.45, 2.75) is 32.1 Å². The number of carbonyl (C=O) groups is 2. The Kier molecular flexibility index (Phi) is 5.95. The summed E-state index contributed by atoms with van der Waals surface area (Å²) in [4.78, 5) is 25.7. The molecule has 25 heavy (non-hydrogen) atoms. The molecule has 2 unspecified atom stereocenters. The summed E-state index contributed by atoms with van der Waals surface area (Å²) in [6.45, 7) is 0. The predicted octanol–water partition coefficient (Wildman–Crippen LogP) is 5.50. The smallest absolute Gasteiger partial charge is 0.169 e. The Labute approximate surface area is 149 Å². The predicted molar refractivity (Wildman–Crippen MR) is 101 cm³/mol. The third kappa shape index (κ3) is 4.54. The Morgan fingerprint density at radius 1 is 0.840 bits per heavy atom. The van der Waals surface area contributed by atoms with Crippen LogP contribution in [0, 0.1) is 11.8 Å². The van der Waals surface area contributed by atoms with E-state index in [-0.39, 0.29) is 23.4 Å². The van der Waals surface area contributed by atoms with Gasteiger partial charge in [0.2, 0.25) is 0 Å². The molecule has 0 saturated heterocycles. The summed E-state index contributed by atoms with van der Waals surface area (Å²) in [5.74, 6) is 0.113. The molecule has 128 valence electrons. The molecule has 0 saturated carbocycles. The minimum atomic E-state index is -0.213. The van der Waals surface area contributed by atoms with Crippen molar-refractivity contribution in [1.29, 1.82) is 0 Å². The van der Waals surface area contributed by atoms with E-state index in [1.807, 2.05) is 66.7 Å². The molecule has 0 aromatic heterocycles. The number of ketones is 2. The molecule has 2 nitrogen and oxygen atoms in total. The molecule has 1 aliphatic rings. The van der Waals surface area contributed by atoms with Crippen molar-refractivity contribution in [3.8, 4) is 0 Å². The summed E-state index contributed by atoms with van der Waals surface area (Å²) >= 11 is 0. The molecule has 2 heteroatoms. The molecule has 0 bridgehead atoms. The maximum Gasteiger partial charge on any atom is 0.169 e. The van der Waals surface area contributed by atoms with Crippen LogP contribution in [0.25, 0.3) is 0 Å². The van der Waals surface area contributed by atoms with E-state index in [4.69, 9.17) is 0 Å². The zero-order chi connectivity index (χ0) is 17.5. The Bertz CT molecular complexity index is 731. The summed E-state index contributed by atoms with van der Waals surface area (Å²) in [5.41, 5.74) is 1.47.